The minimum absolute atomic E-state index is 0.174. The van der Waals surface area contributed by atoms with Gasteiger partial charge in [-0.05, 0) is 32.4 Å². The Balaban J connectivity index is 5.09. The van der Waals surface area contributed by atoms with Crippen molar-refractivity contribution in [2.45, 2.75) is 52.2 Å². The summed E-state index contributed by atoms with van der Waals surface area (Å²) >= 11 is 0. The first kappa shape index (κ1) is 16.1. The van der Waals surface area contributed by atoms with Crippen LogP contribution >= 0.6 is 0 Å². The van der Waals surface area contributed by atoms with Gasteiger partial charge in [-0.1, -0.05) is 13.3 Å². The number of amides is 1. The van der Waals surface area contributed by atoms with Crippen molar-refractivity contribution >= 4 is 12.1 Å². The molecule has 102 valence electrons. The van der Waals surface area contributed by atoms with Gasteiger partial charge in [-0.3, -0.25) is 0 Å². The fraction of sp³-hybridized carbons (Fsp3) is 0.800. The van der Waals surface area contributed by atoms with Gasteiger partial charge in [-0.2, -0.15) is 9.71 Å². The molecule has 0 rings (SSSR count). The van der Waals surface area contributed by atoms with Crippen LogP contribution in [0, 0.1) is 0 Å². The average molecular weight is 258 g/mol. The third-order valence-electron chi connectivity index (χ3n) is 1.86. The Morgan fingerprint density at radius 2 is 2.06 bits per heavy atom. The van der Waals surface area contributed by atoms with E-state index in [-0.39, 0.29) is 6.42 Å². The van der Waals surface area contributed by atoms with E-state index < -0.39 is 23.7 Å². The first-order valence-electron chi connectivity index (χ1n) is 5.53. The first-order chi connectivity index (χ1) is 8.22. The lowest BCUT2D eigenvalue weighted by molar-refractivity contribution is -0.143. The number of azide groups is 1. The number of hydrogen-bond acceptors (Lipinski definition) is 4. The van der Waals surface area contributed by atoms with Crippen LogP contribution in [0.15, 0.2) is 5.22 Å². The standard InChI is InChI=1S/C10H18N4O4/c1-5-6-7(8(15)16)14(13-12-11)9(17)18-10(2,3)4/h7H,5-6H2,1-4H3,(H,15,16)/t7-/m0/s1. The highest BCUT2D eigenvalue weighted by molar-refractivity contribution is 5.79. The number of carbonyl (C=O) groups is 2. The number of hydrogen-bond donors (Lipinski definition) is 1. The molecule has 0 aliphatic rings. The molecule has 0 bridgehead atoms. The molecule has 18 heavy (non-hydrogen) atoms. The van der Waals surface area contributed by atoms with Gasteiger partial charge in [-0.25, -0.2) is 4.79 Å². The molecule has 0 radical (unpaired) electrons. The van der Waals surface area contributed by atoms with Crippen LogP contribution in [0.3, 0.4) is 0 Å². The molecular weight excluding hydrogens is 240 g/mol. The Morgan fingerprint density at radius 3 is 2.39 bits per heavy atom. The maximum atomic E-state index is 11.7. The Bertz CT molecular complexity index is 357. The zero-order valence-electron chi connectivity index (χ0n) is 11.0. The van der Waals surface area contributed by atoms with Crippen molar-refractivity contribution in [3.63, 3.8) is 0 Å². The SMILES string of the molecule is CCC[C@@H](C(=O)O)N(N=[N+]=[N-])C(=O)OC(C)(C)C. The molecule has 1 atom stereocenters. The number of carboxylic acid groups (broad SMARTS) is 1. The lowest BCUT2D eigenvalue weighted by Crippen LogP contribution is -2.43. The van der Waals surface area contributed by atoms with Gasteiger partial charge < -0.3 is 9.84 Å². The van der Waals surface area contributed by atoms with Crippen LogP contribution in [0.1, 0.15) is 40.5 Å². The molecule has 0 aromatic rings. The second-order valence-electron chi connectivity index (χ2n) is 4.65. The van der Waals surface area contributed by atoms with Gasteiger partial charge in [0.1, 0.15) is 5.60 Å². The summed E-state index contributed by atoms with van der Waals surface area (Å²) < 4.78 is 4.99. The van der Waals surface area contributed by atoms with Gasteiger partial charge in [0.05, 0.1) is 0 Å². The Morgan fingerprint density at radius 1 is 1.50 bits per heavy atom. The average Bonchev–Trinajstić information content (AvgIpc) is 2.20. The highest BCUT2D eigenvalue weighted by Crippen LogP contribution is 2.15. The summed E-state index contributed by atoms with van der Waals surface area (Å²) in [5.41, 5.74) is 7.60. The van der Waals surface area contributed by atoms with Gasteiger partial charge in [0, 0.05) is 0 Å². The zero-order valence-corrected chi connectivity index (χ0v) is 11.0. The van der Waals surface area contributed by atoms with E-state index in [2.05, 4.69) is 10.1 Å². The number of ether oxygens (including phenoxy) is 1. The van der Waals surface area contributed by atoms with Crippen LogP contribution in [0.5, 0.6) is 0 Å². The van der Waals surface area contributed by atoms with E-state index in [4.69, 9.17) is 15.4 Å². The molecule has 0 aliphatic heterocycles. The molecule has 8 heteroatoms. The van der Waals surface area contributed by atoms with Crippen molar-refractivity contribution in [3.8, 4) is 0 Å². The molecule has 0 aromatic heterocycles. The molecule has 1 N–H and O–H groups in total. The summed E-state index contributed by atoms with van der Waals surface area (Å²) in [5, 5.41) is 12.6. The number of nitrogens with zero attached hydrogens (tertiary/aromatic N) is 4. The molecule has 0 unspecified atom stereocenters. The summed E-state index contributed by atoms with van der Waals surface area (Å²) in [4.78, 5) is 25.2. The minimum Gasteiger partial charge on any atom is -0.478 e. The van der Waals surface area contributed by atoms with Gasteiger partial charge in [-0.15, -0.1) is 10.5 Å². The van der Waals surface area contributed by atoms with Crippen LogP contribution in [0.25, 0.3) is 10.4 Å². The van der Waals surface area contributed by atoms with E-state index in [1.165, 1.54) is 0 Å². The van der Waals surface area contributed by atoms with Gasteiger partial charge in [0.15, 0.2) is 0 Å². The molecule has 0 aromatic carbocycles. The molecule has 0 heterocycles. The molecule has 0 fully saturated rings. The van der Waals surface area contributed by atoms with Gasteiger partial charge >= 0.3 is 12.1 Å². The molecule has 0 spiro atoms. The van der Waals surface area contributed by atoms with E-state index >= 15 is 0 Å². The summed E-state index contributed by atoms with van der Waals surface area (Å²) in [5.74, 6) is -1.24. The Kier molecular flexibility index (Phi) is 5.98. The van der Waals surface area contributed by atoms with E-state index in [1.54, 1.807) is 27.7 Å². The van der Waals surface area contributed by atoms with Crippen LogP contribution in [0.4, 0.5) is 4.79 Å². The predicted molar refractivity (Wildman–Crippen MR) is 63.6 cm³/mol. The zero-order chi connectivity index (χ0) is 14.3. The quantitative estimate of drug-likeness (QED) is 0.353. The molecule has 0 saturated heterocycles. The largest absolute Gasteiger partial charge is 0.511 e. The van der Waals surface area contributed by atoms with E-state index in [0.29, 0.717) is 11.4 Å². The fourth-order valence-corrected chi connectivity index (χ4v) is 1.20. The molecule has 0 saturated carbocycles. The van der Waals surface area contributed by atoms with Crippen LogP contribution in [0.2, 0.25) is 0 Å². The summed E-state index contributed by atoms with van der Waals surface area (Å²) in [6.07, 6.45) is -0.272. The number of aliphatic carboxylic acids is 1. The normalized spacial score (nSPS) is 12.2. The highest BCUT2D eigenvalue weighted by Gasteiger charge is 2.36. The number of carbonyl (C=O) groups excluding carboxylic acids is 1. The van der Waals surface area contributed by atoms with Crippen molar-refractivity contribution in [1.29, 1.82) is 0 Å². The molecule has 0 aliphatic carbocycles. The monoisotopic (exact) mass is 258 g/mol. The van der Waals surface area contributed by atoms with Crippen LogP contribution in [-0.4, -0.2) is 33.8 Å². The molecule has 8 nitrogen and oxygen atoms in total. The summed E-state index contributed by atoms with van der Waals surface area (Å²) in [6.45, 7) is 6.66. The van der Waals surface area contributed by atoms with Crippen molar-refractivity contribution in [1.82, 2.24) is 5.01 Å². The lowest BCUT2D eigenvalue weighted by Gasteiger charge is -2.23. The topological polar surface area (TPSA) is 116 Å². The number of rotatable bonds is 5. The second kappa shape index (κ2) is 6.70. The van der Waals surface area contributed by atoms with E-state index in [1.807, 2.05) is 0 Å². The predicted octanol–water partition coefficient (Wildman–Crippen LogP) is 2.70. The summed E-state index contributed by atoms with van der Waals surface area (Å²) in [6, 6.07) is -1.22. The van der Waals surface area contributed by atoms with Crippen molar-refractivity contribution in [2.75, 3.05) is 0 Å². The fourth-order valence-electron chi connectivity index (χ4n) is 1.20. The Labute approximate surface area is 105 Å². The van der Waals surface area contributed by atoms with E-state index in [0.717, 1.165) is 0 Å². The molecule has 1 amide bonds. The van der Waals surface area contributed by atoms with Gasteiger partial charge in [0.2, 0.25) is 6.04 Å². The molecular formula is C10H18N4O4. The first-order valence-corrected chi connectivity index (χ1v) is 5.53. The van der Waals surface area contributed by atoms with Crippen LogP contribution in [-0.2, 0) is 9.53 Å². The minimum atomic E-state index is -1.24. The lowest BCUT2D eigenvalue weighted by atomic mass is 10.1. The third-order valence-corrected chi connectivity index (χ3v) is 1.86. The van der Waals surface area contributed by atoms with Crippen LogP contribution < -0.4 is 0 Å². The number of carboxylic acids is 1. The van der Waals surface area contributed by atoms with Crippen molar-refractivity contribution < 1.29 is 19.4 Å². The maximum absolute atomic E-state index is 11.7. The second-order valence-corrected chi connectivity index (χ2v) is 4.65. The summed E-state index contributed by atoms with van der Waals surface area (Å²) in [7, 11) is 0. The maximum Gasteiger partial charge on any atom is 0.511 e. The van der Waals surface area contributed by atoms with Crippen molar-refractivity contribution in [3.05, 3.63) is 10.4 Å². The van der Waals surface area contributed by atoms with Crippen molar-refractivity contribution in [2.24, 2.45) is 5.22 Å². The smallest absolute Gasteiger partial charge is 0.478 e. The van der Waals surface area contributed by atoms with Gasteiger partial charge in [0.25, 0.3) is 0 Å². The highest BCUT2D eigenvalue weighted by atomic mass is 16.6. The third kappa shape index (κ3) is 5.40. The Hall–Kier alpha value is -1.95. The van der Waals surface area contributed by atoms with E-state index in [9.17, 15) is 9.59 Å².